The summed E-state index contributed by atoms with van der Waals surface area (Å²) in [6.45, 7) is 7.09. The second kappa shape index (κ2) is 4.56. The van der Waals surface area contributed by atoms with Gasteiger partial charge in [0.2, 0.25) is 5.89 Å². The van der Waals surface area contributed by atoms with E-state index in [1.807, 2.05) is 0 Å². The first-order chi connectivity index (χ1) is 8.93. The topological polar surface area (TPSA) is 68.2 Å². The lowest BCUT2D eigenvalue weighted by molar-refractivity contribution is 0.105. The van der Waals surface area contributed by atoms with E-state index in [4.69, 9.17) is 10.3 Å². The van der Waals surface area contributed by atoms with E-state index in [9.17, 15) is 0 Å². The zero-order valence-corrected chi connectivity index (χ0v) is 12.1. The number of nitrogens with two attached hydrogens (primary N) is 1. The number of hydrogen-bond donors (Lipinski definition) is 1. The van der Waals surface area contributed by atoms with Gasteiger partial charge in [0.05, 0.1) is 6.54 Å². The van der Waals surface area contributed by atoms with Gasteiger partial charge in [-0.3, -0.25) is 4.90 Å². The second-order valence-corrected chi connectivity index (χ2v) is 7.05. The second-order valence-electron chi connectivity index (χ2n) is 7.05. The van der Waals surface area contributed by atoms with E-state index in [2.05, 4.69) is 35.8 Å². The van der Waals surface area contributed by atoms with Crippen LogP contribution in [-0.4, -0.2) is 33.2 Å². The zero-order valence-electron chi connectivity index (χ0n) is 12.1. The Kier molecular flexibility index (Phi) is 3.14. The number of aromatic nitrogens is 2. The van der Waals surface area contributed by atoms with Crippen LogP contribution in [0.25, 0.3) is 0 Å². The summed E-state index contributed by atoms with van der Waals surface area (Å²) in [4.78, 5) is 7.06. The van der Waals surface area contributed by atoms with Crippen LogP contribution in [0.3, 0.4) is 0 Å². The maximum absolute atomic E-state index is 6.09. The number of nitrogens with zero attached hydrogens (tertiary/aromatic N) is 3. The van der Waals surface area contributed by atoms with Crippen molar-refractivity contribution < 1.29 is 4.52 Å². The Morgan fingerprint density at radius 2 is 1.89 bits per heavy atom. The molecule has 19 heavy (non-hydrogen) atoms. The van der Waals surface area contributed by atoms with Crippen LogP contribution in [0.15, 0.2) is 4.52 Å². The molecule has 1 aromatic rings. The van der Waals surface area contributed by atoms with Crippen LogP contribution in [0.1, 0.15) is 58.2 Å². The van der Waals surface area contributed by atoms with Crippen LogP contribution in [0.5, 0.6) is 0 Å². The molecule has 0 aliphatic carbocycles. The summed E-state index contributed by atoms with van der Waals surface area (Å²) in [5, 5.41) is 4.10. The van der Waals surface area contributed by atoms with Crippen molar-refractivity contribution in [3.05, 3.63) is 11.7 Å². The largest absolute Gasteiger partial charge is 0.338 e. The Labute approximate surface area is 114 Å². The van der Waals surface area contributed by atoms with Gasteiger partial charge in [-0.05, 0) is 25.7 Å². The van der Waals surface area contributed by atoms with Crippen molar-refractivity contribution in [3.8, 4) is 0 Å². The molecule has 0 aromatic carbocycles. The van der Waals surface area contributed by atoms with E-state index in [1.54, 1.807) is 0 Å². The van der Waals surface area contributed by atoms with Crippen LogP contribution >= 0.6 is 0 Å². The summed E-state index contributed by atoms with van der Waals surface area (Å²) in [5.41, 5.74) is 6.04. The Bertz CT molecular complexity index is 437. The zero-order chi connectivity index (χ0) is 13.6. The van der Waals surface area contributed by atoms with Crippen molar-refractivity contribution in [1.29, 1.82) is 0 Å². The predicted molar refractivity (Wildman–Crippen MR) is 72.6 cm³/mol. The first-order valence-electron chi connectivity index (χ1n) is 7.28. The smallest absolute Gasteiger partial charge is 0.240 e. The molecule has 5 nitrogen and oxygen atoms in total. The van der Waals surface area contributed by atoms with Gasteiger partial charge in [0.15, 0.2) is 5.82 Å². The van der Waals surface area contributed by atoms with Gasteiger partial charge >= 0.3 is 0 Å². The van der Waals surface area contributed by atoms with E-state index in [1.165, 1.54) is 12.8 Å². The minimum atomic E-state index is -0.0506. The Morgan fingerprint density at radius 3 is 2.42 bits per heavy atom. The normalized spacial score (nSPS) is 31.9. The summed E-state index contributed by atoms with van der Waals surface area (Å²) < 4.78 is 5.41. The number of rotatable bonds is 2. The Hall–Kier alpha value is -0.940. The average molecular weight is 264 g/mol. The molecule has 2 atom stereocenters. The third-order valence-corrected chi connectivity index (χ3v) is 4.38. The molecule has 1 aromatic heterocycles. The molecular weight excluding hydrogens is 240 g/mol. The molecule has 2 aliphatic heterocycles. The molecule has 0 radical (unpaired) electrons. The highest BCUT2D eigenvalue weighted by Gasteiger charge is 2.40. The lowest BCUT2D eigenvalue weighted by atomic mass is 9.96. The third-order valence-electron chi connectivity index (χ3n) is 4.38. The number of hydrogen-bond acceptors (Lipinski definition) is 5. The van der Waals surface area contributed by atoms with E-state index >= 15 is 0 Å². The lowest BCUT2D eigenvalue weighted by Gasteiger charge is -2.36. The predicted octanol–water partition coefficient (Wildman–Crippen LogP) is 1.82. The fourth-order valence-corrected chi connectivity index (χ4v) is 3.35. The van der Waals surface area contributed by atoms with Crippen molar-refractivity contribution in [2.45, 2.75) is 76.5 Å². The molecule has 2 aliphatic rings. The van der Waals surface area contributed by atoms with Gasteiger partial charge in [-0.1, -0.05) is 25.9 Å². The van der Waals surface area contributed by atoms with Crippen LogP contribution in [0.2, 0.25) is 0 Å². The van der Waals surface area contributed by atoms with Crippen molar-refractivity contribution >= 4 is 0 Å². The van der Waals surface area contributed by atoms with Crippen molar-refractivity contribution in [1.82, 2.24) is 15.0 Å². The van der Waals surface area contributed by atoms with E-state index in [-0.39, 0.29) is 5.41 Å². The first-order valence-corrected chi connectivity index (χ1v) is 7.28. The molecule has 3 heterocycles. The SMILES string of the molecule is CC(C)(C)c1noc(CN2C3CCC2CC(N)C3)n1. The van der Waals surface area contributed by atoms with Crippen molar-refractivity contribution in [3.63, 3.8) is 0 Å². The van der Waals surface area contributed by atoms with Gasteiger partial charge in [-0.25, -0.2) is 0 Å². The molecule has 106 valence electrons. The van der Waals surface area contributed by atoms with Crippen LogP contribution < -0.4 is 5.73 Å². The lowest BCUT2D eigenvalue weighted by Crippen LogP contribution is -2.46. The molecular formula is C14H24N4O. The summed E-state index contributed by atoms with van der Waals surface area (Å²) >= 11 is 0. The summed E-state index contributed by atoms with van der Waals surface area (Å²) in [5.74, 6) is 1.54. The van der Waals surface area contributed by atoms with Gasteiger partial charge in [0, 0.05) is 23.5 Å². The standard InChI is InChI=1S/C14H24N4O/c1-14(2,3)13-16-12(19-17-13)8-18-10-4-5-11(18)7-9(15)6-10/h9-11H,4-8,15H2,1-3H3. The Morgan fingerprint density at radius 1 is 1.26 bits per heavy atom. The summed E-state index contributed by atoms with van der Waals surface area (Å²) in [7, 11) is 0. The van der Waals surface area contributed by atoms with Crippen LogP contribution in [-0.2, 0) is 12.0 Å². The quantitative estimate of drug-likeness (QED) is 0.882. The minimum absolute atomic E-state index is 0.0506. The molecule has 0 amide bonds. The minimum Gasteiger partial charge on any atom is -0.338 e. The van der Waals surface area contributed by atoms with Gasteiger partial charge in [-0.15, -0.1) is 0 Å². The highest BCUT2D eigenvalue weighted by Crippen LogP contribution is 2.36. The molecule has 0 saturated carbocycles. The van der Waals surface area contributed by atoms with Gasteiger partial charge in [0.1, 0.15) is 0 Å². The van der Waals surface area contributed by atoms with E-state index in [0.717, 1.165) is 31.1 Å². The molecule has 0 spiro atoms. The highest BCUT2D eigenvalue weighted by atomic mass is 16.5. The van der Waals surface area contributed by atoms with E-state index < -0.39 is 0 Å². The van der Waals surface area contributed by atoms with Gasteiger partial charge in [-0.2, -0.15) is 4.98 Å². The Balaban J connectivity index is 1.71. The fourth-order valence-electron chi connectivity index (χ4n) is 3.35. The molecule has 3 rings (SSSR count). The van der Waals surface area contributed by atoms with Gasteiger partial charge in [0.25, 0.3) is 0 Å². The van der Waals surface area contributed by atoms with Crippen molar-refractivity contribution in [2.75, 3.05) is 0 Å². The van der Waals surface area contributed by atoms with E-state index in [0.29, 0.717) is 18.1 Å². The summed E-state index contributed by atoms with van der Waals surface area (Å²) in [6, 6.07) is 1.60. The molecule has 2 fully saturated rings. The molecule has 5 heteroatoms. The average Bonchev–Trinajstić information content (AvgIpc) is 2.85. The molecule has 2 saturated heterocycles. The van der Waals surface area contributed by atoms with Crippen LogP contribution in [0.4, 0.5) is 0 Å². The number of piperidine rings is 1. The third kappa shape index (κ3) is 2.54. The fraction of sp³-hybridized carbons (Fsp3) is 0.857. The number of fused-ring (bicyclic) bond motifs is 2. The van der Waals surface area contributed by atoms with Crippen LogP contribution in [0, 0.1) is 0 Å². The molecule has 2 bridgehead atoms. The summed E-state index contributed by atoms with van der Waals surface area (Å²) in [6.07, 6.45) is 4.74. The molecule has 2 N–H and O–H groups in total. The maximum Gasteiger partial charge on any atom is 0.240 e. The van der Waals surface area contributed by atoms with Crippen molar-refractivity contribution in [2.24, 2.45) is 5.73 Å². The first kappa shape index (κ1) is 13.1. The monoisotopic (exact) mass is 264 g/mol. The van der Waals surface area contributed by atoms with Gasteiger partial charge < -0.3 is 10.3 Å². The molecule has 2 unspecified atom stereocenters. The highest BCUT2D eigenvalue weighted by molar-refractivity contribution is 5.02. The maximum atomic E-state index is 6.09.